The lowest BCUT2D eigenvalue weighted by molar-refractivity contribution is -0.192. The molecule has 0 aliphatic carbocycles. The van der Waals surface area contributed by atoms with E-state index in [2.05, 4.69) is 5.32 Å². The summed E-state index contributed by atoms with van der Waals surface area (Å²) in [6, 6.07) is 6.84. The highest BCUT2D eigenvalue weighted by Gasteiger charge is 2.65. The number of carbonyl (C=O) groups excluding carboxylic acids is 3. The van der Waals surface area contributed by atoms with Crippen LogP contribution in [0.4, 0.5) is 18.9 Å². The summed E-state index contributed by atoms with van der Waals surface area (Å²) in [7, 11) is 1.26. The molecule has 37 heavy (non-hydrogen) atoms. The monoisotopic (exact) mass is 549 g/mol. The average molecular weight is 549 g/mol. The third-order valence-electron chi connectivity index (χ3n) is 5.02. The number of nitrogens with two attached hydrogens (primary N) is 1. The SMILES string of the molecule is COC1(NC(=O)Cc2ccccc2N)C(=O)N2C=C(COC(C)=O)C(C(=O)O)S[C@@H]21.O=C(O)C(F)(F)F. The Bertz CT molecular complexity index is 1130. The lowest BCUT2D eigenvalue weighted by atomic mass is 9.99. The Morgan fingerprint density at radius 3 is 2.30 bits per heavy atom. The van der Waals surface area contributed by atoms with Crippen LogP contribution >= 0.6 is 11.8 Å². The van der Waals surface area contributed by atoms with Crippen molar-refractivity contribution in [1.29, 1.82) is 0 Å². The van der Waals surface area contributed by atoms with Crippen molar-refractivity contribution in [2.45, 2.75) is 35.9 Å². The van der Waals surface area contributed by atoms with Gasteiger partial charge in [-0.25, -0.2) is 4.79 Å². The topological polar surface area (TPSA) is 186 Å². The summed E-state index contributed by atoms with van der Waals surface area (Å²) >= 11 is 0.917. The Morgan fingerprint density at radius 1 is 1.22 bits per heavy atom. The van der Waals surface area contributed by atoms with Crippen LogP contribution in [0.3, 0.4) is 0 Å². The van der Waals surface area contributed by atoms with Gasteiger partial charge in [0.1, 0.15) is 17.2 Å². The van der Waals surface area contributed by atoms with E-state index in [0.717, 1.165) is 11.8 Å². The largest absolute Gasteiger partial charge is 0.490 e. The number of alkyl halides is 3. The Morgan fingerprint density at radius 2 is 1.81 bits per heavy atom. The van der Waals surface area contributed by atoms with Crippen molar-refractivity contribution < 1.29 is 56.8 Å². The van der Waals surface area contributed by atoms with Crippen LogP contribution in [0.2, 0.25) is 0 Å². The molecule has 1 fully saturated rings. The zero-order chi connectivity index (χ0) is 28.1. The van der Waals surface area contributed by atoms with E-state index in [4.69, 9.17) is 25.1 Å². The van der Waals surface area contributed by atoms with Gasteiger partial charge in [0, 0.05) is 31.5 Å². The van der Waals surface area contributed by atoms with Gasteiger partial charge in [-0.1, -0.05) is 18.2 Å². The molecule has 202 valence electrons. The molecule has 12 nitrogen and oxygen atoms in total. The number of carboxylic acid groups (broad SMARTS) is 2. The number of nitrogens with zero attached hydrogens (tertiary/aromatic N) is 1. The molecule has 0 saturated carbocycles. The molecule has 3 atom stereocenters. The third-order valence-corrected chi connectivity index (χ3v) is 6.61. The van der Waals surface area contributed by atoms with E-state index in [0.29, 0.717) is 11.3 Å². The van der Waals surface area contributed by atoms with Crippen LogP contribution in [0, 0.1) is 0 Å². The lowest BCUT2D eigenvalue weighted by Crippen LogP contribution is -2.80. The molecule has 2 aliphatic heterocycles. The summed E-state index contributed by atoms with van der Waals surface area (Å²) in [5, 5.41) is 17.4. The fraction of sp³-hybridized carbons (Fsp3) is 0.381. The van der Waals surface area contributed by atoms with Crippen LogP contribution in [0.1, 0.15) is 12.5 Å². The third kappa shape index (κ3) is 6.71. The van der Waals surface area contributed by atoms with E-state index in [1.165, 1.54) is 25.1 Å². The second-order valence-electron chi connectivity index (χ2n) is 7.57. The fourth-order valence-corrected chi connectivity index (χ4v) is 4.69. The predicted molar refractivity (Wildman–Crippen MR) is 120 cm³/mol. The highest BCUT2D eigenvalue weighted by atomic mass is 32.2. The number of esters is 1. The van der Waals surface area contributed by atoms with Crippen LogP contribution < -0.4 is 11.1 Å². The minimum Gasteiger partial charge on any atom is -0.480 e. The molecule has 0 bridgehead atoms. The zero-order valence-electron chi connectivity index (χ0n) is 19.3. The number of hydrogen-bond donors (Lipinski definition) is 4. The normalized spacial score (nSPS) is 22.4. The maximum Gasteiger partial charge on any atom is 0.490 e. The number of thioether (sulfide) groups is 1. The highest BCUT2D eigenvalue weighted by Crippen LogP contribution is 2.46. The molecular formula is C21H22F3N3O9S. The molecular weight excluding hydrogens is 527 g/mol. The second-order valence-corrected chi connectivity index (χ2v) is 8.76. The minimum atomic E-state index is -5.08. The first-order chi connectivity index (χ1) is 17.1. The van der Waals surface area contributed by atoms with Gasteiger partial charge in [0.2, 0.25) is 5.91 Å². The van der Waals surface area contributed by atoms with Crippen molar-refractivity contribution in [2.75, 3.05) is 19.5 Å². The Balaban J connectivity index is 0.000000604. The molecule has 0 aromatic heterocycles. The first-order valence-corrected chi connectivity index (χ1v) is 11.1. The molecule has 0 spiro atoms. The molecule has 2 aliphatic rings. The summed E-state index contributed by atoms with van der Waals surface area (Å²) in [6.07, 6.45) is -3.82. The van der Waals surface area contributed by atoms with Gasteiger partial charge < -0.3 is 30.7 Å². The number of halogens is 3. The number of anilines is 1. The molecule has 16 heteroatoms. The van der Waals surface area contributed by atoms with Crippen molar-refractivity contribution in [3.8, 4) is 0 Å². The summed E-state index contributed by atoms with van der Waals surface area (Å²) in [5.74, 6) is -5.54. The number of hydrogen-bond acceptors (Lipinski definition) is 9. The molecule has 2 unspecified atom stereocenters. The zero-order valence-corrected chi connectivity index (χ0v) is 20.1. The number of carbonyl (C=O) groups is 5. The van der Waals surface area contributed by atoms with Crippen LogP contribution in [0.15, 0.2) is 36.0 Å². The number of para-hydroxylation sites is 1. The molecule has 2 heterocycles. The fourth-order valence-electron chi connectivity index (χ4n) is 3.27. The lowest BCUT2D eigenvalue weighted by Gasteiger charge is -2.55. The van der Waals surface area contributed by atoms with Gasteiger partial charge in [0.05, 0.1) is 6.42 Å². The van der Waals surface area contributed by atoms with Crippen molar-refractivity contribution in [3.05, 3.63) is 41.6 Å². The Kier molecular flexibility index (Phi) is 9.16. The summed E-state index contributed by atoms with van der Waals surface area (Å²) in [4.78, 5) is 58.4. The van der Waals surface area contributed by atoms with Crippen LogP contribution in [-0.2, 0) is 39.9 Å². The van der Waals surface area contributed by atoms with Gasteiger partial charge >= 0.3 is 24.1 Å². The number of methoxy groups -OCH3 is 1. The van der Waals surface area contributed by atoms with E-state index in [9.17, 15) is 37.5 Å². The van der Waals surface area contributed by atoms with Gasteiger partial charge in [-0.3, -0.25) is 24.1 Å². The number of carboxylic acids is 2. The van der Waals surface area contributed by atoms with Gasteiger partial charge in [-0.15, -0.1) is 11.8 Å². The number of nitrogen functional groups attached to an aromatic ring is 1. The van der Waals surface area contributed by atoms with Gasteiger partial charge in [0.15, 0.2) is 0 Å². The van der Waals surface area contributed by atoms with Crippen molar-refractivity contribution in [1.82, 2.24) is 10.2 Å². The van der Waals surface area contributed by atoms with E-state index >= 15 is 0 Å². The van der Waals surface area contributed by atoms with Crippen LogP contribution in [0.5, 0.6) is 0 Å². The molecule has 1 aromatic carbocycles. The molecule has 1 saturated heterocycles. The quantitative estimate of drug-likeness (QED) is 0.163. The highest BCUT2D eigenvalue weighted by molar-refractivity contribution is 8.01. The predicted octanol–water partition coefficient (Wildman–Crippen LogP) is 0.719. The number of β-lactam (4-membered cyclic amide) rings is 1. The van der Waals surface area contributed by atoms with Crippen LogP contribution in [-0.4, -0.2) is 81.1 Å². The maximum atomic E-state index is 12.8. The first-order valence-electron chi connectivity index (χ1n) is 10.2. The van der Waals surface area contributed by atoms with Crippen molar-refractivity contribution in [2.24, 2.45) is 0 Å². The van der Waals surface area contributed by atoms with E-state index in [1.807, 2.05) is 0 Å². The van der Waals surface area contributed by atoms with E-state index < -0.39 is 52.2 Å². The number of rotatable bonds is 7. The second kappa shape index (κ2) is 11.5. The smallest absolute Gasteiger partial charge is 0.480 e. The van der Waals surface area contributed by atoms with Gasteiger partial charge in [0.25, 0.3) is 11.6 Å². The van der Waals surface area contributed by atoms with Crippen LogP contribution in [0.25, 0.3) is 0 Å². The number of fused-ring (bicyclic) bond motifs is 1. The molecule has 3 rings (SSSR count). The Hall–Kier alpha value is -3.79. The van der Waals surface area contributed by atoms with Gasteiger partial charge in [-0.2, -0.15) is 13.2 Å². The summed E-state index contributed by atoms with van der Waals surface area (Å²) in [5.41, 5.74) is 5.44. The number of amides is 2. The standard InChI is InChI=1S/C19H21N3O7S.C2HF3O2/c1-10(23)29-9-12-8-22-17(27)19(28-2,18(22)30-15(12)16(25)26)21-14(24)7-11-5-3-4-6-13(11)20;3-2(4,5)1(6)7/h3-6,8,15,18H,7,9,20H2,1-2H3,(H,21,24)(H,25,26);(H,6,7)/t15?,18-,19?;/m1./s1. The Labute approximate surface area is 211 Å². The summed E-state index contributed by atoms with van der Waals surface area (Å²) in [6.45, 7) is 0.949. The molecule has 5 N–H and O–H groups in total. The van der Waals surface area contributed by atoms with Crippen molar-refractivity contribution in [3.63, 3.8) is 0 Å². The molecule has 1 aromatic rings. The minimum absolute atomic E-state index is 0.0711. The van der Waals surface area contributed by atoms with Gasteiger partial charge in [-0.05, 0) is 11.6 Å². The number of benzene rings is 1. The molecule has 2 amide bonds. The van der Waals surface area contributed by atoms with Crippen molar-refractivity contribution >= 4 is 47.2 Å². The summed E-state index contributed by atoms with van der Waals surface area (Å²) < 4.78 is 42.0. The van der Waals surface area contributed by atoms with E-state index in [1.54, 1.807) is 24.3 Å². The average Bonchev–Trinajstić information content (AvgIpc) is 2.81. The van der Waals surface area contributed by atoms with E-state index in [-0.39, 0.29) is 18.6 Å². The maximum absolute atomic E-state index is 12.8. The molecule has 0 radical (unpaired) electrons. The number of aliphatic carboxylic acids is 2. The number of nitrogens with one attached hydrogen (secondary N) is 1. The number of ether oxygens (including phenoxy) is 2. The first kappa shape index (κ1) is 29.4.